The van der Waals surface area contributed by atoms with Gasteiger partial charge in [0.25, 0.3) is 0 Å². The van der Waals surface area contributed by atoms with Crippen LogP contribution in [0.25, 0.3) is 0 Å². The summed E-state index contributed by atoms with van der Waals surface area (Å²) in [5, 5.41) is 2.48. The molecule has 0 aromatic heterocycles. The number of nitrogens with one attached hydrogen (secondary N) is 1. The number of hydrogen-bond donors (Lipinski definition) is 1. The van der Waals surface area contributed by atoms with Crippen LogP contribution in [0.1, 0.15) is 12.0 Å². The van der Waals surface area contributed by atoms with Crippen molar-refractivity contribution in [1.29, 1.82) is 0 Å². The standard InChI is InChI=1S/C14H22N2O4S/c1-20-14(17)15-10-12-16(21(2,18)19)11-6-9-13-7-4-3-5-8-13/h3-5,7-8H,6,9-12H2,1-2H3,(H,15,17). The number of carbonyl (C=O) groups is 1. The maximum Gasteiger partial charge on any atom is 0.406 e. The van der Waals surface area contributed by atoms with E-state index >= 15 is 0 Å². The summed E-state index contributed by atoms with van der Waals surface area (Å²) in [5.74, 6) is 0. The van der Waals surface area contributed by atoms with Crippen LogP contribution < -0.4 is 5.32 Å². The molecule has 0 heterocycles. The van der Waals surface area contributed by atoms with Gasteiger partial charge in [-0.25, -0.2) is 17.5 Å². The van der Waals surface area contributed by atoms with Gasteiger partial charge in [0.1, 0.15) is 0 Å². The molecule has 7 heteroatoms. The van der Waals surface area contributed by atoms with Crippen LogP contribution in [0.4, 0.5) is 4.79 Å². The van der Waals surface area contributed by atoms with E-state index in [2.05, 4.69) is 10.1 Å². The number of rotatable bonds is 8. The van der Waals surface area contributed by atoms with E-state index in [-0.39, 0.29) is 13.1 Å². The van der Waals surface area contributed by atoms with Crippen molar-refractivity contribution in [3.05, 3.63) is 35.9 Å². The highest BCUT2D eigenvalue weighted by molar-refractivity contribution is 7.88. The number of sulfonamides is 1. The number of carbonyl (C=O) groups excluding carboxylic acids is 1. The van der Waals surface area contributed by atoms with E-state index in [1.807, 2.05) is 30.3 Å². The lowest BCUT2D eigenvalue weighted by atomic mass is 10.1. The topological polar surface area (TPSA) is 75.7 Å². The van der Waals surface area contributed by atoms with Crippen LogP contribution in [0.2, 0.25) is 0 Å². The molecule has 1 aromatic rings. The Morgan fingerprint density at radius 2 is 1.90 bits per heavy atom. The molecule has 0 atom stereocenters. The number of hydrogen-bond acceptors (Lipinski definition) is 4. The van der Waals surface area contributed by atoms with E-state index < -0.39 is 16.1 Å². The molecule has 0 saturated carbocycles. The highest BCUT2D eigenvalue weighted by atomic mass is 32.2. The summed E-state index contributed by atoms with van der Waals surface area (Å²) < 4.78 is 29.2. The van der Waals surface area contributed by atoms with Gasteiger partial charge in [-0.2, -0.15) is 0 Å². The Balaban J connectivity index is 2.42. The van der Waals surface area contributed by atoms with Gasteiger partial charge >= 0.3 is 6.09 Å². The smallest absolute Gasteiger partial charge is 0.406 e. The van der Waals surface area contributed by atoms with Gasteiger partial charge in [-0.1, -0.05) is 30.3 Å². The number of alkyl carbamates (subject to hydrolysis) is 1. The molecule has 1 aromatic carbocycles. The zero-order chi connectivity index (χ0) is 15.7. The molecule has 0 saturated heterocycles. The lowest BCUT2D eigenvalue weighted by molar-refractivity contribution is 0.170. The molecule has 6 nitrogen and oxygen atoms in total. The number of ether oxygens (including phenoxy) is 1. The summed E-state index contributed by atoms with van der Waals surface area (Å²) in [6.45, 7) is 0.893. The maximum atomic E-state index is 11.7. The first-order chi connectivity index (χ1) is 9.93. The molecule has 0 aliphatic heterocycles. The molecule has 0 unspecified atom stereocenters. The molecule has 21 heavy (non-hydrogen) atoms. The Labute approximate surface area is 126 Å². The first kappa shape index (κ1) is 17.5. The van der Waals surface area contributed by atoms with Crippen molar-refractivity contribution in [1.82, 2.24) is 9.62 Å². The molecule has 1 N–H and O–H groups in total. The van der Waals surface area contributed by atoms with Crippen molar-refractivity contribution in [3.8, 4) is 0 Å². The van der Waals surface area contributed by atoms with E-state index in [9.17, 15) is 13.2 Å². The quantitative estimate of drug-likeness (QED) is 0.783. The van der Waals surface area contributed by atoms with E-state index in [1.54, 1.807) is 0 Å². The first-order valence-corrected chi connectivity index (χ1v) is 8.59. The second-order valence-electron chi connectivity index (χ2n) is 4.67. The van der Waals surface area contributed by atoms with Gasteiger partial charge in [0.2, 0.25) is 10.0 Å². The van der Waals surface area contributed by atoms with E-state index in [0.29, 0.717) is 6.54 Å². The van der Waals surface area contributed by atoms with Crippen LogP contribution in [0.15, 0.2) is 30.3 Å². The summed E-state index contributed by atoms with van der Waals surface area (Å²) in [6.07, 6.45) is 2.16. The Bertz CT molecular complexity index is 531. The second kappa shape index (κ2) is 8.63. The van der Waals surface area contributed by atoms with Gasteiger partial charge in [-0.05, 0) is 18.4 Å². The Morgan fingerprint density at radius 1 is 1.24 bits per heavy atom. The van der Waals surface area contributed by atoms with Crippen molar-refractivity contribution in [2.24, 2.45) is 0 Å². The molecule has 0 bridgehead atoms. The van der Waals surface area contributed by atoms with Crippen LogP contribution in [0.3, 0.4) is 0 Å². The van der Waals surface area contributed by atoms with Crippen molar-refractivity contribution < 1.29 is 17.9 Å². The minimum absolute atomic E-state index is 0.227. The van der Waals surface area contributed by atoms with Gasteiger partial charge in [0.15, 0.2) is 0 Å². The summed E-state index contributed by atoms with van der Waals surface area (Å²) >= 11 is 0. The lowest BCUT2D eigenvalue weighted by Crippen LogP contribution is -2.38. The lowest BCUT2D eigenvalue weighted by Gasteiger charge is -2.19. The van der Waals surface area contributed by atoms with Gasteiger partial charge in [0, 0.05) is 19.6 Å². The Morgan fingerprint density at radius 3 is 2.48 bits per heavy atom. The number of amides is 1. The van der Waals surface area contributed by atoms with Crippen LogP contribution in [0.5, 0.6) is 0 Å². The number of methoxy groups -OCH3 is 1. The predicted molar refractivity (Wildman–Crippen MR) is 81.6 cm³/mol. The van der Waals surface area contributed by atoms with Crippen molar-refractivity contribution in [2.45, 2.75) is 12.8 Å². The molecule has 0 aliphatic rings. The fourth-order valence-electron chi connectivity index (χ4n) is 1.90. The number of aryl methyl sites for hydroxylation is 1. The highest BCUT2D eigenvalue weighted by Gasteiger charge is 2.16. The van der Waals surface area contributed by atoms with Gasteiger partial charge in [-0.15, -0.1) is 0 Å². The Hall–Kier alpha value is -1.60. The monoisotopic (exact) mass is 314 g/mol. The first-order valence-electron chi connectivity index (χ1n) is 6.74. The molecule has 1 rings (SSSR count). The van der Waals surface area contributed by atoms with Crippen LogP contribution in [-0.4, -0.2) is 51.8 Å². The number of nitrogens with zero attached hydrogens (tertiary/aromatic N) is 1. The average Bonchev–Trinajstić information content (AvgIpc) is 2.45. The maximum absolute atomic E-state index is 11.7. The largest absolute Gasteiger partial charge is 0.453 e. The van der Waals surface area contributed by atoms with Crippen molar-refractivity contribution in [2.75, 3.05) is 33.0 Å². The third-order valence-corrected chi connectivity index (χ3v) is 4.30. The predicted octanol–water partition coefficient (Wildman–Crippen LogP) is 1.24. The molecular weight excluding hydrogens is 292 g/mol. The van der Waals surface area contributed by atoms with Gasteiger partial charge in [0.05, 0.1) is 13.4 Å². The average molecular weight is 314 g/mol. The third-order valence-electron chi connectivity index (χ3n) is 3.00. The van der Waals surface area contributed by atoms with Gasteiger partial charge in [-0.3, -0.25) is 0 Å². The zero-order valence-electron chi connectivity index (χ0n) is 12.4. The van der Waals surface area contributed by atoms with E-state index in [1.165, 1.54) is 23.2 Å². The van der Waals surface area contributed by atoms with Crippen LogP contribution in [-0.2, 0) is 21.2 Å². The van der Waals surface area contributed by atoms with E-state index in [4.69, 9.17) is 0 Å². The minimum Gasteiger partial charge on any atom is -0.453 e. The minimum atomic E-state index is -3.28. The van der Waals surface area contributed by atoms with Crippen LogP contribution >= 0.6 is 0 Å². The summed E-state index contributed by atoms with van der Waals surface area (Å²) in [7, 11) is -2.02. The Kier molecular flexibility index (Phi) is 7.18. The summed E-state index contributed by atoms with van der Waals surface area (Å²) in [4.78, 5) is 10.9. The summed E-state index contributed by atoms with van der Waals surface area (Å²) in [5.41, 5.74) is 1.18. The summed E-state index contributed by atoms with van der Waals surface area (Å²) in [6, 6.07) is 9.91. The highest BCUT2D eigenvalue weighted by Crippen LogP contribution is 2.05. The zero-order valence-corrected chi connectivity index (χ0v) is 13.2. The van der Waals surface area contributed by atoms with E-state index in [0.717, 1.165) is 12.8 Å². The number of benzene rings is 1. The second-order valence-corrected chi connectivity index (χ2v) is 6.65. The fourth-order valence-corrected chi connectivity index (χ4v) is 2.79. The fraction of sp³-hybridized carbons (Fsp3) is 0.500. The molecule has 118 valence electrons. The van der Waals surface area contributed by atoms with Crippen molar-refractivity contribution >= 4 is 16.1 Å². The molecule has 0 radical (unpaired) electrons. The molecular formula is C14H22N2O4S. The van der Waals surface area contributed by atoms with Crippen molar-refractivity contribution in [3.63, 3.8) is 0 Å². The molecule has 0 spiro atoms. The molecule has 0 aliphatic carbocycles. The van der Waals surface area contributed by atoms with Gasteiger partial charge < -0.3 is 10.1 Å². The third kappa shape index (κ3) is 7.10. The molecule has 1 amide bonds. The SMILES string of the molecule is COC(=O)NCCN(CCCc1ccccc1)S(C)(=O)=O. The van der Waals surface area contributed by atoms with Crippen LogP contribution in [0, 0.1) is 0 Å². The molecule has 0 fully saturated rings. The normalized spacial score (nSPS) is 11.4.